The highest BCUT2D eigenvalue weighted by Gasteiger charge is 2.60. The Kier molecular flexibility index (Phi) is 3.70. The molecular formula is O12Si8. The first kappa shape index (κ1) is 13.7. The lowest BCUT2D eigenvalue weighted by Gasteiger charge is -2.40. The second-order valence-electron chi connectivity index (χ2n) is 3.22. The van der Waals surface area contributed by atoms with E-state index in [9.17, 15) is 0 Å². The molecule has 20 heavy (non-hydrogen) atoms. The quantitative estimate of drug-likeness (QED) is 0.360. The van der Waals surface area contributed by atoms with Crippen LogP contribution in [-0.2, 0) is 49.4 Å². The molecule has 0 aromatic heterocycles. The molecule has 0 unspecified atom stereocenters. The highest BCUT2D eigenvalue weighted by molar-refractivity contribution is 6.82. The molecule has 0 spiro atoms. The second kappa shape index (κ2) is 5.41. The molecule has 0 saturated carbocycles. The largest absolute Gasteiger partial charge is 0.553 e. The van der Waals surface area contributed by atoms with Gasteiger partial charge in [0.15, 0.2) is 0 Å². The summed E-state index contributed by atoms with van der Waals surface area (Å²) in [4.78, 5) is 0. The van der Waals surface area contributed by atoms with Crippen LogP contribution in [-0.4, -0.2) is 76.2 Å². The Hall–Kier alpha value is 1.26. The summed E-state index contributed by atoms with van der Waals surface area (Å²) in [5.41, 5.74) is 0. The third-order valence-electron chi connectivity index (χ3n) is 2.00. The van der Waals surface area contributed by atoms with Crippen LogP contribution in [0.15, 0.2) is 0 Å². The molecule has 0 amide bonds. The van der Waals surface area contributed by atoms with Crippen LogP contribution in [0.5, 0.6) is 0 Å². The first-order valence-electron chi connectivity index (χ1n) is 4.90. The summed E-state index contributed by atoms with van der Waals surface area (Å²) < 4.78 is 66.9. The van der Waals surface area contributed by atoms with E-state index in [1.807, 2.05) is 0 Å². The molecule has 0 aliphatic carbocycles. The molecule has 8 radical (unpaired) electrons. The van der Waals surface area contributed by atoms with Gasteiger partial charge >= 0.3 is 76.2 Å². The van der Waals surface area contributed by atoms with Gasteiger partial charge in [0.25, 0.3) is 0 Å². The zero-order chi connectivity index (χ0) is 13.1. The molecule has 6 rings (SSSR count). The molecule has 6 fully saturated rings. The lowest BCUT2D eigenvalue weighted by atomic mass is 15.5. The van der Waals surface area contributed by atoms with Crippen LogP contribution < -0.4 is 0 Å². The molecule has 0 aromatic carbocycles. The number of hydrogen-bond acceptors (Lipinski definition) is 12. The monoisotopic (exact) mass is 416 g/mol. The molecule has 0 atom stereocenters. The lowest BCUT2D eigenvalue weighted by molar-refractivity contribution is 0.0408. The number of hydrogen-bond donors (Lipinski definition) is 0. The Morgan fingerprint density at radius 2 is 0.300 bits per heavy atom. The molecule has 20 heteroatoms. The van der Waals surface area contributed by atoms with Crippen molar-refractivity contribution in [3.63, 3.8) is 0 Å². The van der Waals surface area contributed by atoms with Crippen molar-refractivity contribution in [1.82, 2.24) is 0 Å². The van der Waals surface area contributed by atoms with Gasteiger partial charge in [-0.25, -0.2) is 0 Å². The zero-order valence-electron chi connectivity index (χ0n) is 8.90. The third kappa shape index (κ3) is 2.64. The van der Waals surface area contributed by atoms with Gasteiger partial charge in [0.2, 0.25) is 0 Å². The predicted octanol–water partition coefficient (Wildman–Crippen LogP) is -3.87. The van der Waals surface area contributed by atoms with E-state index in [1.54, 1.807) is 0 Å². The average molecular weight is 417 g/mol. The summed E-state index contributed by atoms with van der Waals surface area (Å²) >= 11 is 0. The SMILES string of the molecule is O1[Si]2O[Si]3O[Si]4O[Si]1O[Si]1O[Si](O2)O[Si](O3)O[Si](O4)O1. The molecule has 6 heterocycles. The molecule has 104 valence electrons. The van der Waals surface area contributed by atoms with Gasteiger partial charge < -0.3 is 49.4 Å². The maximum absolute atomic E-state index is 5.57. The van der Waals surface area contributed by atoms with Gasteiger partial charge in [0.05, 0.1) is 0 Å². The summed E-state index contributed by atoms with van der Waals surface area (Å²) in [6.07, 6.45) is 0. The Balaban J connectivity index is 1.57. The maximum Gasteiger partial charge on any atom is 0.553 e. The van der Waals surface area contributed by atoms with E-state index < -0.39 is 76.2 Å². The van der Waals surface area contributed by atoms with E-state index in [2.05, 4.69) is 0 Å². The van der Waals surface area contributed by atoms with Crippen LogP contribution in [0.3, 0.4) is 0 Å². The van der Waals surface area contributed by atoms with E-state index in [4.69, 9.17) is 49.4 Å². The van der Waals surface area contributed by atoms with Gasteiger partial charge in [-0.05, 0) is 0 Å². The molecule has 0 N–H and O–H groups in total. The first-order chi connectivity index (χ1) is 9.80. The molecular weight excluding hydrogens is 417 g/mol. The lowest BCUT2D eigenvalue weighted by Crippen LogP contribution is -2.68. The van der Waals surface area contributed by atoms with Crippen molar-refractivity contribution in [2.45, 2.75) is 0 Å². The van der Waals surface area contributed by atoms with E-state index in [-0.39, 0.29) is 0 Å². The highest BCUT2D eigenvalue weighted by Crippen LogP contribution is 2.25. The fraction of sp³-hybridized carbons (Fsp3) is 0. The van der Waals surface area contributed by atoms with Crippen LogP contribution in [0.2, 0.25) is 0 Å². The van der Waals surface area contributed by atoms with Gasteiger partial charge in [-0.1, -0.05) is 0 Å². The van der Waals surface area contributed by atoms with Crippen LogP contribution in [0.25, 0.3) is 0 Å². The molecule has 0 aromatic rings. The minimum Gasteiger partial charge on any atom is -0.369 e. The minimum atomic E-state index is -2.18. The van der Waals surface area contributed by atoms with Crippen molar-refractivity contribution in [3.05, 3.63) is 0 Å². The highest BCUT2D eigenvalue weighted by atomic mass is 28.6. The van der Waals surface area contributed by atoms with Crippen molar-refractivity contribution >= 4 is 76.2 Å². The summed E-state index contributed by atoms with van der Waals surface area (Å²) in [5, 5.41) is 0. The maximum atomic E-state index is 5.57. The summed E-state index contributed by atoms with van der Waals surface area (Å²) in [5.74, 6) is 0. The van der Waals surface area contributed by atoms with E-state index >= 15 is 0 Å². The van der Waals surface area contributed by atoms with Crippen molar-refractivity contribution in [3.8, 4) is 0 Å². The third-order valence-corrected chi connectivity index (χ3v) is 18.0. The normalized spacial score (nSPS) is 36.0. The predicted molar refractivity (Wildman–Crippen MR) is 59.1 cm³/mol. The standard InChI is InChI=1S/O12Si8/c1-13-2-15-6-17-4-14(1)5-18-7-16(3-13)9-19(8-15)12-20(10-17)11-18. The van der Waals surface area contributed by atoms with Gasteiger partial charge in [0, 0.05) is 0 Å². The van der Waals surface area contributed by atoms with Gasteiger partial charge in [-0.3, -0.25) is 0 Å². The zero-order valence-corrected chi connectivity index (χ0v) is 16.9. The average Bonchev–Trinajstić information content (AvgIpc) is 2.18. The van der Waals surface area contributed by atoms with E-state index in [1.165, 1.54) is 0 Å². The summed E-state index contributed by atoms with van der Waals surface area (Å²) in [6.45, 7) is 0. The van der Waals surface area contributed by atoms with Crippen LogP contribution >= 0.6 is 0 Å². The van der Waals surface area contributed by atoms with Crippen LogP contribution in [0, 0.1) is 0 Å². The Bertz CT molecular complexity index is 239. The van der Waals surface area contributed by atoms with Gasteiger partial charge in [0.1, 0.15) is 0 Å². The summed E-state index contributed by atoms with van der Waals surface area (Å²) in [6, 6.07) is 0. The Morgan fingerprint density at radius 3 is 0.400 bits per heavy atom. The van der Waals surface area contributed by atoms with Gasteiger partial charge in [-0.15, -0.1) is 0 Å². The molecule has 12 nitrogen and oxygen atoms in total. The van der Waals surface area contributed by atoms with Gasteiger partial charge in [-0.2, -0.15) is 0 Å². The Morgan fingerprint density at radius 1 is 0.200 bits per heavy atom. The smallest absolute Gasteiger partial charge is 0.369 e. The van der Waals surface area contributed by atoms with Crippen molar-refractivity contribution in [1.29, 1.82) is 0 Å². The topological polar surface area (TPSA) is 111 Å². The van der Waals surface area contributed by atoms with Crippen molar-refractivity contribution in [2.75, 3.05) is 0 Å². The summed E-state index contributed by atoms with van der Waals surface area (Å²) in [7, 11) is -17.5. The minimum absolute atomic E-state index is 2.18. The van der Waals surface area contributed by atoms with E-state index in [0.29, 0.717) is 0 Å². The molecule has 6 saturated heterocycles. The molecule has 6 aliphatic rings. The fourth-order valence-corrected chi connectivity index (χ4v) is 20.8. The van der Waals surface area contributed by atoms with Crippen molar-refractivity contribution < 1.29 is 49.4 Å². The van der Waals surface area contributed by atoms with Crippen LogP contribution in [0.4, 0.5) is 0 Å². The fourth-order valence-electron chi connectivity index (χ4n) is 1.32. The number of rotatable bonds is 0. The molecule has 8 bridgehead atoms. The Labute approximate surface area is 125 Å². The molecule has 6 aliphatic heterocycles. The first-order valence-corrected chi connectivity index (χ1v) is 14.7. The van der Waals surface area contributed by atoms with E-state index in [0.717, 1.165) is 0 Å². The van der Waals surface area contributed by atoms with Crippen LogP contribution in [0.1, 0.15) is 0 Å². The van der Waals surface area contributed by atoms with Crippen molar-refractivity contribution in [2.24, 2.45) is 0 Å². The second-order valence-corrected chi connectivity index (χ2v) is 17.0.